The van der Waals surface area contributed by atoms with Gasteiger partial charge in [0.05, 0.1) is 5.69 Å². The van der Waals surface area contributed by atoms with E-state index in [0.29, 0.717) is 12.2 Å². The molecule has 1 aromatic heterocycles. The lowest BCUT2D eigenvalue weighted by atomic mass is 10.0. The molecule has 2 heterocycles. The second-order valence-corrected chi connectivity index (χ2v) is 7.09. The summed E-state index contributed by atoms with van der Waals surface area (Å²) in [6.45, 7) is 6.65. The zero-order valence-electron chi connectivity index (χ0n) is 12.8. The molecule has 7 heteroatoms. The van der Waals surface area contributed by atoms with Gasteiger partial charge in [0.1, 0.15) is 0 Å². The third-order valence-corrected chi connectivity index (χ3v) is 5.10. The molecule has 1 aromatic rings. The monoisotopic (exact) mass is 312 g/mol. The van der Waals surface area contributed by atoms with Crippen LogP contribution >= 0.6 is 0 Å². The number of nitrogens with one attached hydrogen (secondary N) is 2. The van der Waals surface area contributed by atoms with Gasteiger partial charge in [-0.15, -0.1) is 4.83 Å². The first-order valence-corrected chi connectivity index (χ1v) is 8.93. The van der Waals surface area contributed by atoms with Gasteiger partial charge in [0.25, 0.3) is 10.0 Å². The highest BCUT2D eigenvalue weighted by atomic mass is 32.2. The molecule has 0 aliphatic carbocycles. The van der Waals surface area contributed by atoms with Gasteiger partial charge in [0, 0.05) is 24.8 Å². The van der Waals surface area contributed by atoms with Crippen LogP contribution in [0.3, 0.4) is 0 Å². The Balaban J connectivity index is 2.26. The van der Waals surface area contributed by atoms with Crippen LogP contribution < -0.4 is 10.1 Å². The highest BCUT2D eigenvalue weighted by molar-refractivity contribution is 7.89. The molecule has 1 aliphatic rings. The minimum absolute atomic E-state index is 0.0526. The van der Waals surface area contributed by atoms with E-state index in [-0.39, 0.29) is 17.1 Å². The number of anilines is 1. The standard InChI is InChI=1S/C14H24N4O2S/c1-4-15-13-9-6-10-16-14(13)21(19,20)17-18-11(2)7-5-8-12(18)3/h6,9-12,15,17H,4-5,7-8H2,1-3H3. The van der Waals surface area contributed by atoms with Crippen LogP contribution in [0.25, 0.3) is 0 Å². The highest BCUT2D eigenvalue weighted by Crippen LogP contribution is 2.23. The van der Waals surface area contributed by atoms with E-state index < -0.39 is 10.0 Å². The van der Waals surface area contributed by atoms with Crippen LogP contribution in [0.2, 0.25) is 0 Å². The van der Waals surface area contributed by atoms with E-state index in [1.807, 2.05) is 25.8 Å². The fraction of sp³-hybridized carbons (Fsp3) is 0.643. The fourth-order valence-electron chi connectivity index (χ4n) is 2.71. The molecule has 0 radical (unpaired) electrons. The molecule has 6 nitrogen and oxygen atoms in total. The first kappa shape index (κ1) is 16.2. The Kier molecular flexibility index (Phi) is 5.18. The lowest BCUT2D eigenvalue weighted by molar-refractivity contribution is 0.0789. The molecule has 2 N–H and O–H groups in total. The maximum absolute atomic E-state index is 12.6. The summed E-state index contributed by atoms with van der Waals surface area (Å²) < 4.78 is 25.3. The number of hydrazine groups is 1. The summed E-state index contributed by atoms with van der Waals surface area (Å²) >= 11 is 0. The van der Waals surface area contributed by atoms with Gasteiger partial charge in [-0.05, 0) is 45.7 Å². The number of piperidine rings is 1. The van der Waals surface area contributed by atoms with Crippen molar-refractivity contribution in [3.8, 4) is 0 Å². The van der Waals surface area contributed by atoms with Crippen molar-refractivity contribution in [2.24, 2.45) is 0 Å². The number of rotatable bonds is 5. The van der Waals surface area contributed by atoms with Crippen LogP contribution in [0.15, 0.2) is 23.4 Å². The molecule has 0 amide bonds. The third-order valence-electron chi connectivity index (χ3n) is 3.81. The zero-order valence-corrected chi connectivity index (χ0v) is 13.7. The number of sulfonamides is 1. The summed E-state index contributed by atoms with van der Waals surface area (Å²) in [5, 5.41) is 4.93. The van der Waals surface area contributed by atoms with Crippen molar-refractivity contribution in [1.82, 2.24) is 14.8 Å². The lowest BCUT2D eigenvalue weighted by Crippen LogP contribution is -2.54. The molecule has 1 fully saturated rings. The highest BCUT2D eigenvalue weighted by Gasteiger charge is 2.30. The van der Waals surface area contributed by atoms with Crippen LogP contribution in [0, 0.1) is 0 Å². The summed E-state index contributed by atoms with van der Waals surface area (Å²) in [6, 6.07) is 3.83. The first-order chi connectivity index (χ1) is 9.95. The predicted molar refractivity (Wildman–Crippen MR) is 83.3 cm³/mol. The number of nitrogens with zero attached hydrogens (tertiary/aromatic N) is 2. The van der Waals surface area contributed by atoms with Gasteiger partial charge in [-0.25, -0.2) is 18.4 Å². The van der Waals surface area contributed by atoms with E-state index >= 15 is 0 Å². The maximum atomic E-state index is 12.6. The number of pyridine rings is 1. The van der Waals surface area contributed by atoms with E-state index in [9.17, 15) is 8.42 Å². The van der Waals surface area contributed by atoms with E-state index in [4.69, 9.17) is 0 Å². The lowest BCUT2D eigenvalue weighted by Gasteiger charge is -2.38. The summed E-state index contributed by atoms with van der Waals surface area (Å²) in [4.78, 5) is 6.76. The van der Waals surface area contributed by atoms with Crippen molar-refractivity contribution >= 4 is 15.7 Å². The molecule has 118 valence electrons. The topological polar surface area (TPSA) is 74.3 Å². The Labute approximate surface area is 127 Å². The molecule has 0 aromatic carbocycles. The van der Waals surface area contributed by atoms with E-state index in [1.54, 1.807) is 12.1 Å². The predicted octanol–water partition coefficient (Wildman–Crippen LogP) is 1.97. The molecule has 2 unspecified atom stereocenters. The summed E-state index contributed by atoms with van der Waals surface area (Å²) in [5.41, 5.74) is 0.532. The number of aromatic nitrogens is 1. The van der Waals surface area contributed by atoms with Gasteiger partial charge in [0.15, 0.2) is 5.03 Å². The Morgan fingerprint density at radius 1 is 1.33 bits per heavy atom. The fourth-order valence-corrected chi connectivity index (χ4v) is 4.07. The average Bonchev–Trinajstić information content (AvgIpc) is 2.44. The van der Waals surface area contributed by atoms with E-state index in [1.165, 1.54) is 6.20 Å². The van der Waals surface area contributed by atoms with Crippen molar-refractivity contribution in [1.29, 1.82) is 0 Å². The van der Waals surface area contributed by atoms with Crippen molar-refractivity contribution in [3.63, 3.8) is 0 Å². The van der Waals surface area contributed by atoms with Crippen LogP contribution in [0.5, 0.6) is 0 Å². The van der Waals surface area contributed by atoms with Gasteiger partial charge in [-0.2, -0.15) is 0 Å². The quantitative estimate of drug-likeness (QED) is 0.869. The normalized spacial score (nSPS) is 24.0. The Morgan fingerprint density at radius 3 is 2.62 bits per heavy atom. The van der Waals surface area contributed by atoms with Gasteiger partial charge < -0.3 is 5.32 Å². The SMILES string of the molecule is CCNc1cccnc1S(=O)(=O)NN1C(C)CCCC1C. The average molecular weight is 312 g/mol. The van der Waals surface area contributed by atoms with Gasteiger partial charge in [-0.1, -0.05) is 6.42 Å². The van der Waals surface area contributed by atoms with Crippen molar-refractivity contribution in [2.45, 2.75) is 57.1 Å². The van der Waals surface area contributed by atoms with Crippen LogP contribution in [0.1, 0.15) is 40.0 Å². The third kappa shape index (κ3) is 3.72. The van der Waals surface area contributed by atoms with Crippen molar-refractivity contribution < 1.29 is 8.42 Å². The summed E-state index contributed by atoms with van der Waals surface area (Å²) in [7, 11) is -3.68. The molecule has 0 spiro atoms. The van der Waals surface area contributed by atoms with Gasteiger partial charge >= 0.3 is 0 Å². The van der Waals surface area contributed by atoms with Crippen LogP contribution in [0.4, 0.5) is 5.69 Å². The first-order valence-electron chi connectivity index (χ1n) is 7.45. The Morgan fingerprint density at radius 2 is 2.00 bits per heavy atom. The maximum Gasteiger partial charge on any atom is 0.273 e. The van der Waals surface area contributed by atoms with Gasteiger partial charge in [0.2, 0.25) is 0 Å². The molecule has 2 atom stereocenters. The molecule has 0 bridgehead atoms. The Bertz CT molecular complexity index is 566. The molecule has 1 aliphatic heterocycles. The minimum atomic E-state index is -3.68. The van der Waals surface area contributed by atoms with Crippen molar-refractivity contribution in [2.75, 3.05) is 11.9 Å². The zero-order chi connectivity index (χ0) is 15.5. The Hall–Kier alpha value is -1.18. The molecule has 21 heavy (non-hydrogen) atoms. The second-order valence-electron chi connectivity index (χ2n) is 5.52. The molecular weight excluding hydrogens is 288 g/mol. The molecule has 1 saturated heterocycles. The minimum Gasteiger partial charge on any atom is -0.383 e. The summed E-state index contributed by atoms with van der Waals surface area (Å²) in [5.74, 6) is 0. The smallest absolute Gasteiger partial charge is 0.273 e. The number of hydrogen-bond donors (Lipinski definition) is 2. The van der Waals surface area contributed by atoms with Crippen LogP contribution in [-0.2, 0) is 10.0 Å². The largest absolute Gasteiger partial charge is 0.383 e. The molecule has 0 saturated carbocycles. The molecule has 2 rings (SSSR count). The second kappa shape index (κ2) is 6.72. The summed E-state index contributed by atoms with van der Waals surface area (Å²) in [6.07, 6.45) is 4.62. The van der Waals surface area contributed by atoms with E-state index in [0.717, 1.165) is 19.3 Å². The van der Waals surface area contributed by atoms with E-state index in [2.05, 4.69) is 15.1 Å². The van der Waals surface area contributed by atoms with Crippen LogP contribution in [-0.4, -0.2) is 37.0 Å². The van der Waals surface area contributed by atoms with Crippen molar-refractivity contribution in [3.05, 3.63) is 18.3 Å². The molecular formula is C14H24N4O2S. The number of hydrogen-bond acceptors (Lipinski definition) is 5. The van der Waals surface area contributed by atoms with Gasteiger partial charge in [-0.3, -0.25) is 0 Å².